The van der Waals surface area contributed by atoms with Gasteiger partial charge in [0.15, 0.2) is 5.78 Å². The Kier molecular flexibility index (Phi) is 2.14. The van der Waals surface area contributed by atoms with Crippen molar-refractivity contribution in [1.29, 1.82) is 0 Å². The van der Waals surface area contributed by atoms with E-state index in [1.807, 2.05) is 0 Å². The van der Waals surface area contributed by atoms with Gasteiger partial charge in [0.1, 0.15) is 5.57 Å². The number of rotatable bonds is 1. The number of hydrogen-bond donors (Lipinski definition) is 2. The molecule has 0 spiro atoms. The van der Waals surface area contributed by atoms with Crippen LogP contribution in [-0.4, -0.2) is 16.9 Å². The molecule has 0 aliphatic heterocycles. The Hall–Kier alpha value is -1.03. The molecule has 1 N–H and O–H groups in total. The Morgan fingerprint density at radius 1 is 1.64 bits per heavy atom. The van der Waals surface area contributed by atoms with Crippen molar-refractivity contribution in [1.82, 2.24) is 0 Å². The molecule has 0 radical (unpaired) electrons. The molecule has 11 heavy (non-hydrogen) atoms. The first-order valence-corrected chi connectivity index (χ1v) is 3.43. The van der Waals surface area contributed by atoms with Crippen LogP contribution >= 0.6 is 12.6 Å². The Bertz CT molecular complexity index is 275. The van der Waals surface area contributed by atoms with E-state index in [1.54, 1.807) is 0 Å². The van der Waals surface area contributed by atoms with Crippen LogP contribution in [0.5, 0.6) is 0 Å². The number of carbonyl (C=O) groups is 2. The van der Waals surface area contributed by atoms with E-state index in [4.69, 9.17) is 5.11 Å². The van der Waals surface area contributed by atoms with Crippen molar-refractivity contribution < 1.29 is 14.7 Å². The zero-order chi connectivity index (χ0) is 8.43. The molecule has 0 unspecified atom stereocenters. The molecule has 1 aliphatic carbocycles. The first-order valence-electron chi connectivity index (χ1n) is 2.98. The summed E-state index contributed by atoms with van der Waals surface area (Å²) in [7, 11) is 0. The van der Waals surface area contributed by atoms with E-state index in [2.05, 4.69) is 12.6 Å². The van der Waals surface area contributed by atoms with Gasteiger partial charge < -0.3 is 5.11 Å². The van der Waals surface area contributed by atoms with Gasteiger partial charge in [0, 0.05) is 0 Å². The molecule has 0 aromatic carbocycles. The lowest BCUT2D eigenvalue weighted by Crippen LogP contribution is -2.12. The highest BCUT2D eigenvalue weighted by Crippen LogP contribution is 2.16. The summed E-state index contributed by atoms with van der Waals surface area (Å²) < 4.78 is 0. The van der Waals surface area contributed by atoms with Crippen LogP contribution in [0.2, 0.25) is 0 Å². The lowest BCUT2D eigenvalue weighted by molar-refractivity contribution is -0.134. The topological polar surface area (TPSA) is 54.4 Å². The molecule has 3 nitrogen and oxygen atoms in total. The molecule has 1 rings (SSSR count). The number of carboxylic acids is 1. The molecule has 0 amide bonds. The van der Waals surface area contributed by atoms with Crippen molar-refractivity contribution >= 4 is 24.4 Å². The van der Waals surface area contributed by atoms with Gasteiger partial charge in [-0.1, -0.05) is 6.08 Å². The molecule has 58 valence electrons. The maximum atomic E-state index is 10.9. The van der Waals surface area contributed by atoms with E-state index < -0.39 is 11.8 Å². The average molecular weight is 170 g/mol. The summed E-state index contributed by atoms with van der Waals surface area (Å²) in [6.07, 6.45) is 3.02. The van der Waals surface area contributed by atoms with Crippen LogP contribution in [0.1, 0.15) is 6.42 Å². The third-order valence-electron chi connectivity index (χ3n) is 1.31. The van der Waals surface area contributed by atoms with E-state index in [-0.39, 0.29) is 5.57 Å². The third-order valence-corrected chi connectivity index (χ3v) is 1.62. The van der Waals surface area contributed by atoms with Gasteiger partial charge in [-0.15, -0.1) is 12.6 Å². The minimum Gasteiger partial charge on any atom is -0.478 e. The fourth-order valence-electron chi connectivity index (χ4n) is 0.788. The number of ketones is 1. The standard InChI is InChI=1S/C7H6O3S/c8-6-3-4(11)1-2-5(6)7(9)10/h2-3,11H,1H2,(H,9,10). The minimum absolute atomic E-state index is 0.164. The molecule has 0 atom stereocenters. The number of aliphatic carboxylic acids is 1. The van der Waals surface area contributed by atoms with Gasteiger partial charge in [-0.3, -0.25) is 4.79 Å². The zero-order valence-corrected chi connectivity index (χ0v) is 6.47. The fourth-order valence-corrected chi connectivity index (χ4v) is 0.996. The molecule has 0 aromatic rings. The average Bonchev–Trinajstić information content (AvgIpc) is 1.85. The summed E-state index contributed by atoms with van der Waals surface area (Å²) in [5.41, 5.74) is -0.164. The van der Waals surface area contributed by atoms with E-state index in [9.17, 15) is 9.59 Å². The molecule has 0 aromatic heterocycles. The van der Waals surface area contributed by atoms with E-state index in [1.165, 1.54) is 12.2 Å². The summed E-state index contributed by atoms with van der Waals surface area (Å²) in [4.78, 5) is 21.8. The second-order valence-electron chi connectivity index (χ2n) is 2.13. The van der Waals surface area contributed by atoms with Gasteiger partial charge in [-0.05, 0) is 17.4 Å². The summed E-state index contributed by atoms with van der Waals surface area (Å²) in [5, 5.41) is 8.45. The van der Waals surface area contributed by atoms with Crippen LogP contribution in [0, 0.1) is 0 Å². The van der Waals surface area contributed by atoms with E-state index in [0.717, 1.165) is 0 Å². The van der Waals surface area contributed by atoms with E-state index in [0.29, 0.717) is 11.3 Å². The van der Waals surface area contributed by atoms with Crippen molar-refractivity contribution in [2.45, 2.75) is 6.42 Å². The first-order chi connectivity index (χ1) is 5.11. The SMILES string of the molecule is O=C(O)C1=CCC(S)=CC1=O. The summed E-state index contributed by atoms with van der Waals surface area (Å²) in [6.45, 7) is 0. The first kappa shape index (κ1) is 8.07. The molecule has 1 aliphatic rings. The second-order valence-corrected chi connectivity index (χ2v) is 2.70. The molecule has 0 heterocycles. The smallest absolute Gasteiger partial charge is 0.339 e. The molecule has 0 bridgehead atoms. The minimum atomic E-state index is -1.17. The highest BCUT2D eigenvalue weighted by molar-refractivity contribution is 7.84. The summed E-state index contributed by atoms with van der Waals surface area (Å²) >= 11 is 3.93. The van der Waals surface area contributed by atoms with Gasteiger partial charge in [0.25, 0.3) is 0 Å². The van der Waals surface area contributed by atoms with Crippen LogP contribution in [0.3, 0.4) is 0 Å². The quantitative estimate of drug-likeness (QED) is 0.451. The number of thiol groups is 1. The summed E-state index contributed by atoms with van der Waals surface area (Å²) in [6, 6.07) is 0. The van der Waals surface area contributed by atoms with Crippen molar-refractivity contribution in [3.8, 4) is 0 Å². The molecule has 0 saturated carbocycles. The highest BCUT2D eigenvalue weighted by Gasteiger charge is 2.17. The van der Waals surface area contributed by atoms with Gasteiger partial charge in [-0.2, -0.15) is 0 Å². The van der Waals surface area contributed by atoms with Crippen LogP contribution in [-0.2, 0) is 9.59 Å². The van der Waals surface area contributed by atoms with Gasteiger partial charge in [-0.25, -0.2) is 4.79 Å². The van der Waals surface area contributed by atoms with E-state index >= 15 is 0 Å². The molecule has 0 saturated heterocycles. The number of carbonyl (C=O) groups excluding carboxylic acids is 1. The largest absolute Gasteiger partial charge is 0.478 e. The lowest BCUT2D eigenvalue weighted by atomic mass is 10.1. The van der Waals surface area contributed by atoms with Crippen LogP contribution in [0.15, 0.2) is 22.6 Å². The Morgan fingerprint density at radius 2 is 2.27 bits per heavy atom. The van der Waals surface area contributed by atoms with Crippen LogP contribution in [0.25, 0.3) is 0 Å². The van der Waals surface area contributed by atoms with Gasteiger partial charge >= 0.3 is 5.97 Å². The molecule has 0 fully saturated rings. The number of hydrogen-bond acceptors (Lipinski definition) is 3. The van der Waals surface area contributed by atoms with Crippen LogP contribution in [0.4, 0.5) is 0 Å². The third kappa shape index (κ3) is 1.71. The summed E-state index contributed by atoms with van der Waals surface area (Å²) in [5.74, 6) is -1.65. The Labute approximate surface area is 68.8 Å². The van der Waals surface area contributed by atoms with Crippen molar-refractivity contribution in [2.75, 3.05) is 0 Å². The molecular formula is C7H6O3S. The number of allylic oxidation sites excluding steroid dienone is 3. The number of carboxylic acid groups (broad SMARTS) is 1. The normalized spacial score (nSPS) is 17.4. The fraction of sp³-hybridized carbons (Fsp3) is 0.143. The molecule has 4 heteroatoms. The van der Waals surface area contributed by atoms with Crippen molar-refractivity contribution in [3.05, 3.63) is 22.6 Å². The Morgan fingerprint density at radius 3 is 2.73 bits per heavy atom. The highest BCUT2D eigenvalue weighted by atomic mass is 32.1. The lowest BCUT2D eigenvalue weighted by Gasteiger charge is -2.04. The predicted molar refractivity (Wildman–Crippen MR) is 42.4 cm³/mol. The predicted octanol–water partition coefficient (Wildman–Crippen LogP) is 0.784. The molecular weight excluding hydrogens is 164 g/mol. The maximum Gasteiger partial charge on any atom is 0.339 e. The Balaban J connectivity index is 2.89. The van der Waals surface area contributed by atoms with Crippen molar-refractivity contribution in [3.63, 3.8) is 0 Å². The monoisotopic (exact) mass is 170 g/mol. The van der Waals surface area contributed by atoms with Gasteiger partial charge in [0.2, 0.25) is 0 Å². The van der Waals surface area contributed by atoms with Crippen LogP contribution < -0.4 is 0 Å². The van der Waals surface area contributed by atoms with Crippen molar-refractivity contribution in [2.24, 2.45) is 0 Å². The zero-order valence-electron chi connectivity index (χ0n) is 5.57. The second kappa shape index (κ2) is 2.92. The van der Waals surface area contributed by atoms with Gasteiger partial charge in [0.05, 0.1) is 0 Å². The maximum absolute atomic E-state index is 10.9.